The summed E-state index contributed by atoms with van der Waals surface area (Å²) < 4.78 is 1.73. The maximum atomic E-state index is 12.2. The molecule has 1 aromatic heterocycles. The predicted molar refractivity (Wildman–Crippen MR) is 93.5 cm³/mol. The van der Waals surface area contributed by atoms with Crippen molar-refractivity contribution in [2.45, 2.75) is 13.0 Å². The largest absolute Gasteiger partial charge is 0.478 e. The van der Waals surface area contributed by atoms with Crippen LogP contribution in [0.4, 0.5) is 5.69 Å². The summed E-state index contributed by atoms with van der Waals surface area (Å²) in [4.78, 5) is 23.4. The van der Waals surface area contributed by atoms with Crippen LogP contribution in [0.1, 0.15) is 21.5 Å². The van der Waals surface area contributed by atoms with Crippen molar-refractivity contribution in [3.05, 3.63) is 83.7 Å². The summed E-state index contributed by atoms with van der Waals surface area (Å²) in [5, 5.41) is 16.1. The lowest BCUT2D eigenvalue weighted by Gasteiger charge is -2.06. The molecular weight excluding hydrogens is 318 g/mol. The third-order valence-corrected chi connectivity index (χ3v) is 3.70. The van der Waals surface area contributed by atoms with Gasteiger partial charge in [0.1, 0.15) is 0 Å². The zero-order chi connectivity index (χ0) is 17.6. The Balaban J connectivity index is 1.63. The van der Waals surface area contributed by atoms with Gasteiger partial charge in [-0.2, -0.15) is 5.10 Å². The highest BCUT2D eigenvalue weighted by Crippen LogP contribution is 2.12. The van der Waals surface area contributed by atoms with Gasteiger partial charge in [-0.05, 0) is 17.2 Å². The minimum atomic E-state index is -1.04. The first kappa shape index (κ1) is 16.4. The summed E-state index contributed by atoms with van der Waals surface area (Å²) in [7, 11) is 0. The number of rotatable bonds is 6. The van der Waals surface area contributed by atoms with E-state index in [4.69, 9.17) is 5.11 Å². The number of amides is 1. The molecule has 0 fully saturated rings. The maximum Gasteiger partial charge on any atom is 0.335 e. The normalized spacial score (nSPS) is 10.4. The van der Waals surface area contributed by atoms with Crippen molar-refractivity contribution in [2.75, 3.05) is 5.32 Å². The molecule has 1 amide bonds. The van der Waals surface area contributed by atoms with E-state index in [9.17, 15) is 9.59 Å². The second-order valence-corrected chi connectivity index (χ2v) is 5.60. The number of carboxylic acids is 1. The van der Waals surface area contributed by atoms with E-state index >= 15 is 0 Å². The van der Waals surface area contributed by atoms with Crippen LogP contribution in [0, 0.1) is 0 Å². The van der Waals surface area contributed by atoms with Gasteiger partial charge in [0.15, 0.2) is 0 Å². The summed E-state index contributed by atoms with van der Waals surface area (Å²) in [5.74, 6) is -1.33. The highest BCUT2D eigenvalue weighted by atomic mass is 16.4. The number of carbonyl (C=O) groups excluding carboxylic acids is 1. The lowest BCUT2D eigenvalue weighted by molar-refractivity contribution is -0.115. The first-order valence-corrected chi connectivity index (χ1v) is 7.79. The number of nitrogens with zero attached hydrogens (tertiary/aromatic N) is 2. The van der Waals surface area contributed by atoms with Crippen LogP contribution in [0.5, 0.6) is 0 Å². The smallest absolute Gasteiger partial charge is 0.335 e. The Hall–Kier alpha value is -3.41. The van der Waals surface area contributed by atoms with Gasteiger partial charge in [0.05, 0.1) is 30.4 Å². The summed E-state index contributed by atoms with van der Waals surface area (Å²) in [6.07, 6.45) is 3.31. The molecule has 6 nitrogen and oxygen atoms in total. The Morgan fingerprint density at radius 3 is 2.52 bits per heavy atom. The highest BCUT2D eigenvalue weighted by Gasteiger charge is 2.13. The zero-order valence-electron chi connectivity index (χ0n) is 13.4. The molecule has 25 heavy (non-hydrogen) atoms. The molecule has 126 valence electrons. The van der Waals surface area contributed by atoms with Crippen LogP contribution < -0.4 is 5.32 Å². The molecule has 0 aliphatic carbocycles. The van der Waals surface area contributed by atoms with Crippen molar-refractivity contribution in [3.63, 3.8) is 0 Å². The molecule has 0 unspecified atom stereocenters. The number of hydrogen-bond acceptors (Lipinski definition) is 3. The van der Waals surface area contributed by atoms with E-state index in [0.717, 1.165) is 5.56 Å². The molecule has 2 N–H and O–H groups in total. The van der Waals surface area contributed by atoms with Crippen LogP contribution >= 0.6 is 0 Å². The lowest BCUT2D eigenvalue weighted by Crippen LogP contribution is -2.16. The summed E-state index contributed by atoms with van der Waals surface area (Å²) >= 11 is 0. The summed E-state index contributed by atoms with van der Waals surface area (Å²) in [6, 6.07) is 16.4. The first-order chi connectivity index (χ1) is 12.1. The van der Waals surface area contributed by atoms with E-state index < -0.39 is 5.97 Å². The van der Waals surface area contributed by atoms with Crippen LogP contribution in [0.3, 0.4) is 0 Å². The molecule has 6 heteroatoms. The molecule has 0 aliphatic rings. The number of carbonyl (C=O) groups is 2. The molecule has 1 heterocycles. The average Bonchev–Trinajstić information content (AvgIpc) is 3.02. The number of carboxylic acid groups (broad SMARTS) is 1. The molecule has 0 aliphatic heterocycles. The summed E-state index contributed by atoms with van der Waals surface area (Å²) in [6.45, 7) is 0.610. The molecule has 0 saturated heterocycles. The van der Waals surface area contributed by atoms with E-state index in [1.807, 2.05) is 30.3 Å². The number of aromatic carboxylic acids is 1. The number of aromatic nitrogens is 2. The van der Waals surface area contributed by atoms with Gasteiger partial charge in [-0.3, -0.25) is 9.48 Å². The Labute approximate surface area is 144 Å². The second-order valence-electron chi connectivity index (χ2n) is 5.60. The van der Waals surface area contributed by atoms with Crippen LogP contribution in [-0.4, -0.2) is 26.8 Å². The number of benzene rings is 2. The Morgan fingerprint density at radius 2 is 1.76 bits per heavy atom. The quantitative estimate of drug-likeness (QED) is 0.725. The average molecular weight is 335 g/mol. The van der Waals surface area contributed by atoms with Gasteiger partial charge >= 0.3 is 5.97 Å². The zero-order valence-corrected chi connectivity index (χ0v) is 13.4. The highest BCUT2D eigenvalue weighted by molar-refractivity contribution is 5.95. The number of anilines is 1. The molecule has 0 atom stereocenters. The molecule has 3 rings (SSSR count). The Kier molecular flexibility index (Phi) is 4.89. The minimum absolute atomic E-state index is 0.00760. The lowest BCUT2D eigenvalue weighted by atomic mass is 10.0. The van der Waals surface area contributed by atoms with Gasteiger partial charge < -0.3 is 10.4 Å². The third-order valence-electron chi connectivity index (χ3n) is 3.70. The molecule has 0 bridgehead atoms. The van der Waals surface area contributed by atoms with Crippen LogP contribution in [-0.2, 0) is 17.8 Å². The second kappa shape index (κ2) is 7.44. The fourth-order valence-corrected chi connectivity index (χ4v) is 2.55. The number of hydrogen-bond donors (Lipinski definition) is 2. The van der Waals surface area contributed by atoms with Gasteiger partial charge in [0.25, 0.3) is 0 Å². The SMILES string of the molecule is O=C(Cc1ccccc1C(=O)O)Nc1cnn(Cc2ccccc2)c1. The Bertz CT molecular complexity index is 888. The molecular formula is C19H17N3O3. The number of nitrogens with one attached hydrogen (secondary N) is 1. The topological polar surface area (TPSA) is 84.2 Å². The van der Waals surface area contributed by atoms with E-state index in [-0.39, 0.29) is 17.9 Å². The van der Waals surface area contributed by atoms with Gasteiger partial charge in [0.2, 0.25) is 5.91 Å². The standard InChI is InChI=1S/C19H17N3O3/c23-18(10-15-8-4-5-9-17(15)19(24)25)21-16-11-20-22(13-16)12-14-6-2-1-3-7-14/h1-9,11,13H,10,12H2,(H,21,23)(H,24,25). The molecule has 2 aromatic carbocycles. The predicted octanol–water partition coefficient (Wildman–Crippen LogP) is 2.81. The van der Waals surface area contributed by atoms with Crippen molar-refractivity contribution < 1.29 is 14.7 Å². The van der Waals surface area contributed by atoms with Gasteiger partial charge in [-0.15, -0.1) is 0 Å². The third kappa shape index (κ3) is 4.32. The van der Waals surface area contributed by atoms with Gasteiger partial charge in [0, 0.05) is 6.20 Å². The van der Waals surface area contributed by atoms with Crippen LogP contribution in [0.2, 0.25) is 0 Å². The molecule has 0 radical (unpaired) electrons. The van der Waals surface area contributed by atoms with Gasteiger partial charge in [-0.1, -0.05) is 48.5 Å². The molecule has 0 spiro atoms. The van der Waals surface area contributed by atoms with Gasteiger partial charge in [-0.25, -0.2) is 4.79 Å². The minimum Gasteiger partial charge on any atom is -0.478 e. The van der Waals surface area contributed by atoms with Crippen molar-refractivity contribution >= 4 is 17.6 Å². The fourth-order valence-electron chi connectivity index (χ4n) is 2.55. The summed E-state index contributed by atoms with van der Waals surface area (Å²) in [5.41, 5.74) is 2.30. The maximum absolute atomic E-state index is 12.2. The van der Waals surface area contributed by atoms with Crippen LogP contribution in [0.25, 0.3) is 0 Å². The van der Waals surface area contributed by atoms with Crippen molar-refractivity contribution in [1.82, 2.24) is 9.78 Å². The monoisotopic (exact) mass is 335 g/mol. The van der Waals surface area contributed by atoms with E-state index in [1.54, 1.807) is 35.3 Å². The first-order valence-electron chi connectivity index (χ1n) is 7.79. The van der Waals surface area contributed by atoms with E-state index in [1.165, 1.54) is 6.07 Å². The van der Waals surface area contributed by atoms with Crippen LogP contribution in [0.15, 0.2) is 67.0 Å². The van der Waals surface area contributed by atoms with Crippen molar-refractivity contribution in [2.24, 2.45) is 0 Å². The molecule has 0 saturated carbocycles. The van der Waals surface area contributed by atoms with E-state index in [2.05, 4.69) is 10.4 Å². The van der Waals surface area contributed by atoms with E-state index in [0.29, 0.717) is 17.8 Å². The fraction of sp³-hybridized carbons (Fsp3) is 0.105. The molecule has 3 aromatic rings. The Morgan fingerprint density at radius 1 is 1.04 bits per heavy atom. The van der Waals surface area contributed by atoms with Crippen molar-refractivity contribution in [1.29, 1.82) is 0 Å². The van der Waals surface area contributed by atoms with Crippen molar-refractivity contribution in [3.8, 4) is 0 Å².